The number of hydrogen-bond donors (Lipinski definition) is 2. The van der Waals surface area contributed by atoms with E-state index in [1.54, 1.807) is 19.2 Å². The Morgan fingerprint density at radius 1 is 1.17 bits per heavy atom. The van der Waals surface area contributed by atoms with Gasteiger partial charge in [0.05, 0.1) is 35.0 Å². The van der Waals surface area contributed by atoms with Gasteiger partial charge in [-0.1, -0.05) is 6.07 Å². The van der Waals surface area contributed by atoms with Crippen LogP contribution in [0.5, 0.6) is 5.75 Å². The molecule has 0 fully saturated rings. The van der Waals surface area contributed by atoms with Crippen molar-refractivity contribution in [2.75, 3.05) is 6.61 Å². The number of hydrogen-bond acceptors (Lipinski definition) is 6. The fourth-order valence-corrected chi connectivity index (χ4v) is 4.99. The molecule has 2 atom stereocenters. The van der Waals surface area contributed by atoms with Gasteiger partial charge in [-0.25, -0.2) is 4.79 Å². The highest BCUT2D eigenvalue weighted by atomic mass is 16.5. The largest absolute Gasteiger partial charge is 0.493 e. The van der Waals surface area contributed by atoms with Gasteiger partial charge >= 0.3 is 5.97 Å². The van der Waals surface area contributed by atoms with E-state index in [4.69, 9.17) is 19.4 Å². The lowest BCUT2D eigenvalue weighted by Crippen LogP contribution is -2.28. The van der Waals surface area contributed by atoms with Crippen LogP contribution in [0.1, 0.15) is 62.3 Å². The van der Waals surface area contributed by atoms with Gasteiger partial charge in [-0.15, -0.1) is 0 Å². The molecule has 0 bridgehead atoms. The zero-order chi connectivity index (χ0) is 25.8. The number of fused-ring (bicyclic) bond motifs is 1. The maximum absolute atomic E-state index is 12.6. The summed E-state index contributed by atoms with van der Waals surface area (Å²) in [4.78, 5) is 22.0. The molecule has 1 unspecified atom stereocenters. The maximum atomic E-state index is 12.6. The molecule has 2 aromatic carbocycles. The third kappa shape index (κ3) is 4.18. The van der Waals surface area contributed by atoms with Crippen LogP contribution < -0.4 is 4.74 Å². The number of rotatable bonds is 5. The predicted octanol–water partition coefficient (Wildman–Crippen LogP) is 5.69. The first kappa shape index (κ1) is 24.2. The lowest BCUT2D eigenvalue weighted by atomic mass is 9.86. The van der Waals surface area contributed by atoms with E-state index in [1.807, 2.05) is 58.0 Å². The standard InChI is InChI=1S/C29H30N2O5/c1-15-14-21-18(6-8-20(31-21)16(2)32)25(23(15)27(28(33)34)36-29(3,4)5)19-7-9-22-24-17(11-13-35-22)10-12-30-26(19)24/h6-10,12,14,16,27,32H,11,13H2,1-5H3,(H,33,34)/t16?,27-/m0/s1. The zero-order valence-electron chi connectivity index (χ0n) is 21.1. The van der Waals surface area contributed by atoms with Crippen molar-refractivity contribution in [2.24, 2.45) is 0 Å². The van der Waals surface area contributed by atoms with Gasteiger partial charge in [0.25, 0.3) is 0 Å². The van der Waals surface area contributed by atoms with Gasteiger partial charge in [-0.3, -0.25) is 9.97 Å². The molecule has 7 heteroatoms. The van der Waals surface area contributed by atoms with Gasteiger partial charge in [0.2, 0.25) is 0 Å². The molecule has 2 N–H and O–H groups in total. The molecule has 186 valence electrons. The topological polar surface area (TPSA) is 102 Å². The number of ether oxygens (including phenoxy) is 2. The molecule has 0 saturated heterocycles. The first-order valence-electron chi connectivity index (χ1n) is 12.1. The first-order chi connectivity index (χ1) is 17.0. The van der Waals surface area contributed by atoms with Crippen LogP contribution in [-0.2, 0) is 16.0 Å². The summed E-state index contributed by atoms with van der Waals surface area (Å²) in [5.41, 5.74) is 5.23. The summed E-state index contributed by atoms with van der Waals surface area (Å²) in [7, 11) is 0. The highest BCUT2D eigenvalue weighted by Crippen LogP contribution is 2.45. The number of carboxylic acids is 1. The molecule has 1 aliphatic rings. The lowest BCUT2D eigenvalue weighted by Gasteiger charge is -2.29. The number of aliphatic hydroxyl groups excluding tert-OH is 1. The van der Waals surface area contributed by atoms with Crippen LogP contribution in [0.15, 0.2) is 42.6 Å². The highest BCUT2D eigenvalue weighted by molar-refractivity contribution is 6.08. The minimum Gasteiger partial charge on any atom is -0.493 e. The summed E-state index contributed by atoms with van der Waals surface area (Å²) in [6.45, 7) is 9.68. The number of aliphatic carboxylic acids is 1. The number of pyridine rings is 2. The Bertz CT molecular complexity index is 1490. The Hall–Kier alpha value is -3.55. The van der Waals surface area contributed by atoms with Crippen molar-refractivity contribution >= 4 is 27.8 Å². The summed E-state index contributed by atoms with van der Waals surface area (Å²) in [5.74, 6) is -0.293. The molecule has 0 radical (unpaired) electrons. The first-order valence-corrected chi connectivity index (χ1v) is 12.1. The van der Waals surface area contributed by atoms with Crippen LogP contribution in [0.25, 0.3) is 32.9 Å². The molecular formula is C29H30N2O5. The van der Waals surface area contributed by atoms with Crippen molar-refractivity contribution in [3.8, 4) is 16.9 Å². The molecule has 7 nitrogen and oxygen atoms in total. The molecular weight excluding hydrogens is 456 g/mol. The van der Waals surface area contributed by atoms with Crippen LogP contribution in [0.4, 0.5) is 0 Å². The molecule has 1 aliphatic heterocycles. The van der Waals surface area contributed by atoms with Crippen LogP contribution in [-0.4, -0.2) is 38.4 Å². The van der Waals surface area contributed by atoms with E-state index in [1.165, 1.54) is 0 Å². The van der Waals surface area contributed by atoms with E-state index < -0.39 is 23.8 Å². The molecule has 0 aliphatic carbocycles. The Morgan fingerprint density at radius 2 is 1.94 bits per heavy atom. The maximum Gasteiger partial charge on any atom is 0.337 e. The molecule has 3 heterocycles. The number of aliphatic hydroxyl groups is 1. The van der Waals surface area contributed by atoms with Gasteiger partial charge in [0.1, 0.15) is 5.75 Å². The van der Waals surface area contributed by atoms with E-state index in [0.29, 0.717) is 28.9 Å². The smallest absolute Gasteiger partial charge is 0.337 e. The lowest BCUT2D eigenvalue weighted by molar-refractivity contribution is -0.160. The number of carboxylic acid groups (broad SMARTS) is 1. The summed E-state index contributed by atoms with van der Waals surface area (Å²) in [6.07, 6.45) is 0.634. The summed E-state index contributed by atoms with van der Waals surface area (Å²) in [5, 5.41) is 22.2. The van der Waals surface area contributed by atoms with Crippen molar-refractivity contribution in [3.05, 3.63) is 65.0 Å². The number of nitrogens with zero attached hydrogens (tertiary/aromatic N) is 2. The quantitative estimate of drug-likeness (QED) is 0.374. The predicted molar refractivity (Wildman–Crippen MR) is 138 cm³/mol. The van der Waals surface area contributed by atoms with Gasteiger partial charge in [0.15, 0.2) is 6.10 Å². The molecule has 0 saturated carbocycles. The number of aryl methyl sites for hydroxylation is 1. The third-order valence-corrected chi connectivity index (χ3v) is 6.49. The minimum atomic E-state index is -1.21. The van der Waals surface area contributed by atoms with Crippen molar-refractivity contribution < 1.29 is 24.5 Å². The van der Waals surface area contributed by atoms with Crippen molar-refractivity contribution in [1.82, 2.24) is 9.97 Å². The molecule has 0 spiro atoms. The SMILES string of the molecule is Cc1cc2nc(C(C)O)ccc2c(-c2ccc3c4c(ccnc24)CCO3)c1[C@H](OC(C)(C)C)C(=O)O. The van der Waals surface area contributed by atoms with E-state index in [0.717, 1.165) is 45.1 Å². The summed E-state index contributed by atoms with van der Waals surface area (Å²) in [6, 6.07) is 11.4. The second-order valence-electron chi connectivity index (χ2n) is 10.3. The average Bonchev–Trinajstić information content (AvgIpc) is 2.81. The Balaban J connectivity index is 1.91. The molecule has 5 rings (SSSR count). The molecule has 2 aromatic heterocycles. The van der Waals surface area contributed by atoms with Crippen molar-refractivity contribution in [3.63, 3.8) is 0 Å². The number of aromatic nitrogens is 2. The van der Waals surface area contributed by atoms with E-state index >= 15 is 0 Å². The monoisotopic (exact) mass is 486 g/mol. The molecule has 4 aromatic rings. The Kier molecular flexibility index (Phi) is 5.93. The second-order valence-corrected chi connectivity index (χ2v) is 10.3. The van der Waals surface area contributed by atoms with Gasteiger partial charge in [-0.2, -0.15) is 0 Å². The third-order valence-electron chi connectivity index (χ3n) is 6.49. The average molecular weight is 487 g/mol. The Labute approximate surface area is 209 Å². The van der Waals surface area contributed by atoms with E-state index in [2.05, 4.69) is 0 Å². The minimum absolute atomic E-state index is 0.546. The van der Waals surface area contributed by atoms with Gasteiger partial charge in [-0.05, 0) is 81.6 Å². The van der Waals surface area contributed by atoms with Crippen LogP contribution >= 0.6 is 0 Å². The van der Waals surface area contributed by atoms with Crippen LogP contribution in [0, 0.1) is 6.92 Å². The van der Waals surface area contributed by atoms with Gasteiger partial charge < -0.3 is 19.7 Å². The number of benzene rings is 2. The van der Waals surface area contributed by atoms with E-state index in [-0.39, 0.29) is 0 Å². The normalized spacial score (nSPS) is 15.1. The van der Waals surface area contributed by atoms with Crippen LogP contribution in [0.3, 0.4) is 0 Å². The fourth-order valence-electron chi connectivity index (χ4n) is 4.99. The molecule has 36 heavy (non-hydrogen) atoms. The fraction of sp³-hybridized carbons (Fsp3) is 0.345. The highest BCUT2D eigenvalue weighted by Gasteiger charge is 2.33. The summed E-state index contributed by atoms with van der Waals surface area (Å²) < 4.78 is 12.0. The summed E-state index contributed by atoms with van der Waals surface area (Å²) >= 11 is 0. The second kappa shape index (κ2) is 8.84. The zero-order valence-corrected chi connectivity index (χ0v) is 21.1. The van der Waals surface area contributed by atoms with Crippen LogP contribution in [0.2, 0.25) is 0 Å². The van der Waals surface area contributed by atoms with Gasteiger partial charge in [0, 0.05) is 34.5 Å². The Morgan fingerprint density at radius 3 is 2.64 bits per heavy atom. The number of carbonyl (C=O) groups is 1. The van der Waals surface area contributed by atoms with E-state index in [9.17, 15) is 15.0 Å². The molecule has 0 amide bonds. The van der Waals surface area contributed by atoms with Crippen molar-refractivity contribution in [2.45, 2.75) is 58.8 Å². The van der Waals surface area contributed by atoms with Crippen molar-refractivity contribution in [1.29, 1.82) is 0 Å².